The third-order valence-electron chi connectivity index (χ3n) is 4.47. The van der Waals surface area contributed by atoms with Crippen LogP contribution in [0.2, 0.25) is 0 Å². The van der Waals surface area contributed by atoms with Gasteiger partial charge in [-0.1, -0.05) is 0 Å². The van der Waals surface area contributed by atoms with Crippen molar-refractivity contribution in [3.05, 3.63) is 24.2 Å². The van der Waals surface area contributed by atoms with Crippen molar-refractivity contribution in [2.24, 2.45) is 0 Å². The lowest BCUT2D eigenvalue weighted by atomic mass is 10.2. The van der Waals surface area contributed by atoms with Crippen LogP contribution < -0.4 is 4.90 Å². The Balaban J connectivity index is 1.34. The van der Waals surface area contributed by atoms with Crippen molar-refractivity contribution >= 4 is 5.82 Å². The molecule has 1 saturated carbocycles. The van der Waals surface area contributed by atoms with Crippen LogP contribution in [0.5, 0.6) is 0 Å². The zero-order valence-electron chi connectivity index (χ0n) is 13.8. The summed E-state index contributed by atoms with van der Waals surface area (Å²) in [7, 11) is 2.01. The first kappa shape index (κ1) is 15.4. The second-order valence-electron chi connectivity index (χ2n) is 6.46. The highest BCUT2D eigenvalue weighted by molar-refractivity contribution is 5.35. The summed E-state index contributed by atoms with van der Waals surface area (Å²) in [6.07, 6.45) is 4.19. The molecule has 1 aliphatic heterocycles. The van der Waals surface area contributed by atoms with E-state index in [1.807, 2.05) is 23.9 Å². The molecule has 9 heteroatoms. The molecule has 0 amide bonds. The summed E-state index contributed by atoms with van der Waals surface area (Å²) in [6.45, 7) is 4.05. The summed E-state index contributed by atoms with van der Waals surface area (Å²) in [5.41, 5.74) is 0. The molecule has 128 valence electrons. The van der Waals surface area contributed by atoms with Crippen LogP contribution in [-0.2, 0) is 11.3 Å². The highest BCUT2D eigenvalue weighted by Gasteiger charge is 2.29. The molecule has 1 atom stereocenters. The Kier molecular flexibility index (Phi) is 4.35. The third kappa shape index (κ3) is 3.51. The molecule has 2 aliphatic rings. The van der Waals surface area contributed by atoms with E-state index in [1.54, 1.807) is 6.20 Å². The number of tetrazole rings is 1. The fraction of sp³-hybridized carbons (Fsp3) is 0.667. The van der Waals surface area contributed by atoms with Crippen LogP contribution in [0.3, 0.4) is 0 Å². The van der Waals surface area contributed by atoms with E-state index < -0.39 is 0 Å². The van der Waals surface area contributed by atoms with Crippen molar-refractivity contribution in [3.63, 3.8) is 0 Å². The number of ether oxygens (including phenoxy) is 1. The van der Waals surface area contributed by atoms with Crippen molar-refractivity contribution < 1.29 is 4.74 Å². The van der Waals surface area contributed by atoms with Gasteiger partial charge in [0.1, 0.15) is 0 Å². The number of nitrogens with zero attached hydrogens (tertiary/aromatic N) is 8. The van der Waals surface area contributed by atoms with Gasteiger partial charge in [0.2, 0.25) is 0 Å². The number of hydrogen-bond donors (Lipinski definition) is 0. The van der Waals surface area contributed by atoms with Gasteiger partial charge in [-0.2, -0.15) is 5.10 Å². The molecule has 2 aromatic rings. The van der Waals surface area contributed by atoms with Crippen molar-refractivity contribution in [2.75, 3.05) is 38.2 Å². The molecule has 1 unspecified atom stereocenters. The first-order valence-corrected chi connectivity index (χ1v) is 8.39. The van der Waals surface area contributed by atoms with Gasteiger partial charge < -0.3 is 9.64 Å². The minimum Gasteiger partial charge on any atom is -0.374 e. The fourth-order valence-electron chi connectivity index (χ4n) is 3.05. The Morgan fingerprint density at radius 2 is 2.25 bits per heavy atom. The largest absolute Gasteiger partial charge is 0.374 e. The number of morpholine rings is 1. The van der Waals surface area contributed by atoms with Crippen molar-refractivity contribution in [2.45, 2.75) is 31.5 Å². The van der Waals surface area contributed by atoms with Crippen LogP contribution in [-0.4, -0.2) is 74.7 Å². The molecule has 4 rings (SSSR count). The zero-order valence-corrected chi connectivity index (χ0v) is 13.8. The quantitative estimate of drug-likeness (QED) is 0.739. The van der Waals surface area contributed by atoms with Gasteiger partial charge in [0.05, 0.1) is 25.3 Å². The number of likely N-dealkylation sites (N-methyl/N-ethyl adjacent to an activating group) is 1. The average Bonchev–Trinajstić information content (AvgIpc) is 3.36. The zero-order chi connectivity index (χ0) is 16.4. The van der Waals surface area contributed by atoms with Crippen LogP contribution in [0.4, 0.5) is 5.82 Å². The van der Waals surface area contributed by atoms with Crippen LogP contribution in [0.15, 0.2) is 18.3 Å². The smallest absolute Gasteiger partial charge is 0.165 e. The predicted octanol–water partition coefficient (Wildman–Crippen LogP) is 0.135. The van der Waals surface area contributed by atoms with Gasteiger partial charge in [0.25, 0.3) is 0 Å². The molecule has 1 aliphatic carbocycles. The first-order valence-electron chi connectivity index (χ1n) is 8.39. The van der Waals surface area contributed by atoms with Gasteiger partial charge in [-0.15, -0.1) is 10.2 Å². The minimum absolute atomic E-state index is 0.135. The summed E-state index contributed by atoms with van der Waals surface area (Å²) in [6, 6.07) is 4.36. The average molecular weight is 330 g/mol. The first-order chi connectivity index (χ1) is 11.8. The molecular weight excluding hydrogens is 308 g/mol. The molecule has 0 N–H and O–H groups in total. The maximum atomic E-state index is 5.92. The highest BCUT2D eigenvalue weighted by atomic mass is 16.5. The van der Waals surface area contributed by atoms with Gasteiger partial charge in [0, 0.05) is 32.9 Å². The van der Waals surface area contributed by atoms with Gasteiger partial charge in [-0.3, -0.25) is 4.90 Å². The minimum atomic E-state index is 0.135. The molecule has 9 nitrogen and oxygen atoms in total. The van der Waals surface area contributed by atoms with Crippen LogP contribution in [0.1, 0.15) is 24.7 Å². The van der Waals surface area contributed by atoms with Crippen LogP contribution in [0, 0.1) is 0 Å². The maximum Gasteiger partial charge on any atom is 0.165 e. The highest BCUT2D eigenvalue weighted by Crippen LogP contribution is 2.34. The van der Waals surface area contributed by atoms with E-state index in [0.717, 1.165) is 44.4 Å². The second kappa shape index (κ2) is 6.78. The molecule has 3 heterocycles. The van der Waals surface area contributed by atoms with Crippen molar-refractivity contribution in [1.82, 2.24) is 35.3 Å². The van der Waals surface area contributed by atoms with Gasteiger partial charge in [-0.05, 0) is 35.4 Å². The molecule has 1 saturated heterocycles. The lowest BCUT2D eigenvalue weighted by Crippen LogP contribution is -2.47. The van der Waals surface area contributed by atoms with E-state index in [0.29, 0.717) is 6.04 Å². The van der Waals surface area contributed by atoms with E-state index in [-0.39, 0.29) is 6.10 Å². The van der Waals surface area contributed by atoms with Gasteiger partial charge in [0.15, 0.2) is 11.6 Å². The monoisotopic (exact) mass is 330 g/mol. The summed E-state index contributed by atoms with van der Waals surface area (Å²) in [5, 5.41) is 20.2. The predicted molar refractivity (Wildman–Crippen MR) is 86.4 cm³/mol. The Morgan fingerprint density at radius 1 is 1.33 bits per heavy atom. The second-order valence-corrected chi connectivity index (χ2v) is 6.46. The summed E-state index contributed by atoms with van der Waals surface area (Å²) in [4.78, 5) is 4.44. The van der Waals surface area contributed by atoms with E-state index in [1.165, 1.54) is 12.8 Å². The summed E-state index contributed by atoms with van der Waals surface area (Å²) in [5.74, 6) is 1.82. The summed E-state index contributed by atoms with van der Waals surface area (Å²) < 4.78 is 7.90. The van der Waals surface area contributed by atoms with Crippen LogP contribution >= 0.6 is 0 Å². The standard InChI is InChI=1S/C15H22N8O/c1-21(14-3-2-6-16-17-14)9-13-10-22(7-8-24-13)11-15-18-19-20-23(15)12-4-5-12/h2-3,6,12-13H,4-5,7-11H2,1H3. The third-order valence-corrected chi connectivity index (χ3v) is 4.47. The molecule has 24 heavy (non-hydrogen) atoms. The molecule has 0 spiro atoms. The molecule has 2 fully saturated rings. The van der Waals surface area contributed by atoms with Crippen LogP contribution in [0.25, 0.3) is 0 Å². The van der Waals surface area contributed by atoms with Gasteiger partial charge in [-0.25, -0.2) is 4.68 Å². The normalized spacial score (nSPS) is 21.8. The van der Waals surface area contributed by atoms with Crippen molar-refractivity contribution in [3.8, 4) is 0 Å². The SMILES string of the molecule is CN(CC1CN(Cc2nnnn2C2CC2)CCO1)c1cccnn1. The number of hydrogen-bond acceptors (Lipinski definition) is 8. The number of anilines is 1. The van der Waals surface area contributed by atoms with E-state index in [2.05, 4.69) is 35.5 Å². The topological polar surface area (TPSA) is 85.1 Å². The Labute approximate surface area is 140 Å². The fourth-order valence-corrected chi connectivity index (χ4v) is 3.05. The molecule has 2 aromatic heterocycles. The maximum absolute atomic E-state index is 5.92. The van der Waals surface area contributed by atoms with E-state index in [9.17, 15) is 0 Å². The molecule has 0 radical (unpaired) electrons. The molecule has 0 aromatic carbocycles. The van der Waals surface area contributed by atoms with E-state index >= 15 is 0 Å². The Bertz CT molecular complexity index is 659. The molecular formula is C15H22N8O. The lowest BCUT2D eigenvalue weighted by Gasteiger charge is -2.34. The lowest BCUT2D eigenvalue weighted by molar-refractivity contribution is -0.0276. The molecule has 0 bridgehead atoms. The number of aromatic nitrogens is 6. The Morgan fingerprint density at radius 3 is 3.04 bits per heavy atom. The van der Waals surface area contributed by atoms with Crippen molar-refractivity contribution in [1.29, 1.82) is 0 Å². The van der Waals surface area contributed by atoms with E-state index in [4.69, 9.17) is 4.74 Å². The number of rotatable bonds is 6. The van der Waals surface area contributed by atoms with Gasteiger partial charge >= 0.3 is 0 Å². The summed E-state index contributed by atoms with van der Waals surface area (Å²) >= 11 is 0. The Hall–Kier alpha value is -2.13.